The van der Waals surface area contributed by atoms with E-state index in [9.17, 15) is 26.7 Å². The molecule has 1 aliphatic rings. The van der Waals surface area contributed by atoms with E-state index in [1.165, 1.54) is 0 Å². The quantitative estimate of drug-likeness (QED) is 0.580. The highest BCUT2D eigenvalue weighted by molar-refractivity contribution is 5.95. The first-order valence-electron chi connectivity index (χ1n) is 6.12. The minimum atomic E-state index is -5.17. The van der Waals surface area contributed by atoms with Gasteiger partial charge in [-0.3, -0.25) is 0 Å². The Bertz CT molecular complexity index is 677. The van der Waals surface area contributed by atoms with Crippen LogP contribution in [0.2, 0.25) is 0 Å². The molecular weight excluding hydrogens is 309 g/mol. The molecule has 0 fully saturated rings. The van der Waals surface area contributed by atoms with E-state index in [4.69, 9.17) is 6.42 Å². The summed E-state index contributed by atoms with van der Waals surface area (Å²) in [7, 11) is 0. The second-order valence-electron chi connectivity index (χ2n) is 4.98. The highest BCUT2D eigenvalue weighted by Crippen LogP contribution is 2.54. The summed E-state index contributed by atoms with van der Waals surface area (Å²) in [6, 6.07) is 3.20. The predicted octanol–water partition coefficient (Wildman–Crippen LogP) is 3.93. The molecule has 0 aromatic heterocycles. The third-order valence-electron chi connectivity index (χ3n) is 3.48. The van der Waals surface area contributed by atoms with Gasteiger partial charge in [-0.15, -0.1) is 0 Å². The van der Waals surface area contributed by atoms with Gasteiger partial charge in [0, 0.05) is 12.0 Å². The van der Waals surface area contributed by atoms with E-state index in [0.717, 1.165) is 19.9 Å². The number of hydrogen-bond donors (Lipinski definition) is 0. The van der Waals surface area contributed by atoms with E-state index in [0.29, 0.717) is 11.0 Å². The molecule has 1 aliphatic heterocycles. The summed E-state index contributed by atoms with van der Waals surface area (Å²) in [5.41, 5.74) is -5.02. The summed E-state index contributed by atoms with van der Waals surface area (Å²) in [6.07, 6.45) is -1.60. The molecule has 1 heterocycles. The maximum atomic E-state index is 14.1. The van der Waals surface area contributed by atoms with Gasteiger partial charge in [-0.1, -0.05) is 20.3 Å². The molecule has 0 saturated carbocycles. The summed E-state index contributed by atoms with van der Waals surface area (Å²) in [5, 5.41) is 0. The van der Waals surface area contributed by atoms with E-state index in [1.54, 1.807) is 6.04 Å². The van der Waals surface area contributed by atoms with Crippen molar-refractivity contribution < 1.29 is 31.5 Å². The van der Waals surface area contributed by atoms with Crippen molar-refractivity contribution in [1.29, 1.82) is 0 Å². The lowest BCUT2D eigenvalue weighted by Crippen LogP contribution is -2.56. The number of alkyl halides is 3. The number of hydrogen-bond acceptors (Lipinski definition) is 2. The second-order valence-corrected chi connectivity index (χ2v) is 4.98. The number of amides is 1. The SMILES string of the molecule is C#CN1C(=O)OC(C(C)C)(C(F)(F)F)c2c1ccc(F)c2F. The largest absolute Gasteiger partial charge is 0.433 e. The Labute approximate surface area is 122 Å². The second kappa shape index (κ2) is 4.87. The number of fused-ring (bicyclic) bond motifs is 1. The molecule has 1 atom stereocenters. The standard InChI is InChI=1S/C14H10F5NO2/c1-4-20-9-6-5-8(15)11(16)10(9)13(7(2)3,14(17,18)19)22-12(20)21/h1,5-7H,2-3H3. The van der Waals surface area contributed by atoms with Crippen LogP contribution in [0.1, 0.15) is 19.4 Å². The fourth-order valence-electron chi connectivity index (χ4n) is 2.47. The van der Waals surface area contributed by atoms with Crippen LogP contribution < -0.4 is 4.90 Å². The Balaban J connectivity index is 2.94. The normalized spacial score (nSPS) is 21.4. The van der Waals surface area contributed by atoms with Crippen LogP contribution in [0.25, 0.3) is 0 Å². The number of cyclic esters (lactones) is 1. The average molecular weight is 319 g/mol. The monoisotopic (exact) mass is 319 g/mol. The fourth-order valence-corrected chi connectivity index (χ4v) is 2.47. The van der Waals surface area contributed by atoms with Crippen molar-refractivity contribution in [2.45, 2.75) is 25.6 Å². The summed E-state index contributed by atoms with van der Waals surface area (Å²) in [4.78, 5) is 12.2. The van der Waals surface area contributed by atoms with Gasteiger partial charge in [0.2, 0.25) is 5.60 Å². The molecule has 1 amide bonds. The van der Waals surface area contributed by atoms with Crippen LogP contribution in [0.4, 0.5) is 32.4 Å². The first-order valence-corrected chi connectivity index (χ1v) is 6.12. The Morgan fingerprint density at radius 2 is 1.91 bits per heavy atom. The average Bonchev–Trinajstić information content (AvgIpc) is 2.40. The molecule has 0 bridgehead atoms. The molecule has 0 radical (unpaired) electrons. The molecule has 0 saturated heterocycles. The van der Waals surface area contributed by atoms with Gasteiger partial charge >= 0.3 is 12.3 Å². The third-order valence-corrected chi connectivity index (χ3v) is 3.48. The van der Waals surface area contributed by atoms with Crippen molar-refractivity contribution in [3.63, 3.8) is 0 Å². The number of terminal acetylenes is 1. The number of carbonyl (C=O) groups excluding carboxylic acids is 1. The Morgan fingerprint density at radius 1 is 1.32 bits per heavy atom. The van der Waals surface area contributed by atoms with Gasteiger partial charge in [0.15, 0.2) is 11.6 Å². The first kappa shape index (κ1) is 16.1. The zero-order chi connectivity index (χ0) is 16.9. The van der Waals surface area contributed by atoms with Gasteiger partial charge in [0.25, 0.3) is 0 Å². The number of carbonyl (C=O) groups is 1. The molecule has 0 spiro atoms. The minimum absolute atomic E-state index is 0.365. The maximum Gasteiger partial charge on any atom is 0.433 e. The van der Waals surface area contributed by atoms with Crippen molar-refractivity contribution in [2.75, 3.05) is 4.90 Å². The summed E-state index contributed by atoms with van der Waals surface area (Å²) < 4.78 is 72.9. The van der Waals surface area contributed by atoms with Crippen LogP contribution >= 0.6 is 0 Å². The first-order chi connectivity index (χ1) is 10.1. The predicted molar refractivity (Wildman–Crippen MR) is 66.7 cm³/mol. The molecule has 22 heavy (non-hydrogen) atoms. The van der Waals surface area contributed by atoms with Gasteiger partial charge in [-0.05, 0) is 12.1 Å². The molecule has 1 unspecified atom stereocenters. The zero-order valence-electron chi connectivity index (χ0n) is 11.5. The van der Waals surface area contributed by atoms with Crippen LogP contribution in [0, 0.1) is 30.0 Å². The smallest absolute Gasteiger partial charge is 0.427 e. The molecule has 0 aliphatic carbocycles. The zero-order valence-corrected chi connectivity index (χ0v) is 11.5. The van der Waals surface area contributed by atoms with Crippen LogP contribution in [-0.4, -0.2) is 12.3 Å². The van der Waals surface area contributed by atoms with Crippen LogP contribution in [0.5, 0.6) is 0 Å². The molecule has 3 nitrogen and oxygen atoms in total. The van der Waals surface area contributed by atoms with Gasteiger partial charge in [0.05, 0.1) is 11.3 Å². The van der Waals surface area contributed by atoms with Crippen molar-refractivity contribution in [1.82, 2.24) is 0 Å². The molecule has 1 aromatic carbocycles. The summed E-state index contributed by atoms with van der Waals surface area (Å²) in [6.45, 7) is 2.17. The van der Waals surface area contributed by atoms with Gasteiger partial charge in [0.1, 0.15) is 0 Å². The number of ether oxygens (including phenoxy) is 1. The summed E-state index contributed by atoms with van der Waals surface area (Å²) in [5.74, 6) is -4.66. The van der Waals surface area contributed by atoms with Gasteiger partial charge < -0.3 is 4.74 Å². The minimum Gasteiger partial charge on any atom is -0.427 e. The lowest BCUT2D eigenvalue weighted by molar-refractivity contribution is -0.282. The molecule has 8 heteroatoms. The van der Waals surface area contributed by atoms with Crippen molar-refractivity contribution in [3.8, 4) is 12.5 Å². The number of nitrogens with zero attached hydrogens (tertiary/aromatic N) is 1. The lowest BCUT2D eigenvalue weighted by Gasteiger charge is -2.44. The Morgan fingerprint density at radius 3 is 2.36 bits per heavy atom. The number of rotatable bonds is 1. The fraction of sp³-hybridized carbons (Fsp3) is 0.357. The highest BCUT2D eigenvalue weighted by Gasteiger charge is 2.66. The van der Waals surface area contributed by atoms with E-state index in [-0.39, 0.29) is 0 Å². The van der Waals surface area contributed by atoms with Crippen molar-refractivity contribution in [3.05, 3.63) is 29.3 Å². The van der Waals surface area contributed by atoms with E-state index < -0.39 is 46.7 Å². The van der Waals surface area contributed by atoms with Gasteiger partial charge in [-0.25, -0.2) is 18.5 Å². The molecule has 2 rings (SSSR count). The van der Waals surface area contributed by atoms with Crippen molar-refractivity contribution in [2.24, 2.45) is 5.92 Å². The van der Waals surface area contributed by atoms with Crippen LogP contribution in [0.15, 0.2) is 12.1 Å². The van der Waals surface area contributed by atoms with E-state index in [1.807, 2.05) is 0 Å². The van der Waals surface area contributed by atoms with E-state index in [2.05, 4.69) is 4.74 Å². The van der Waals surface area contributed by atoms with Crippen molar-refractivity contribution >= 4 is 11.8 Å². The molecular formula is C14H10F5NO2. The highest BCUT2D eigenvalue weighted by atomic mass is 19.4. The number of halogens is 5. The Kier molecular flexibility index (Phi) is 3.56. The number of anilines is 1. The molecule has 0 N–H and O–H groups in total. The topological polar surface area (TPSA) is 29.5 Å². The van der Waals surface area contributed by atoms with E-state index >= 15 is 0 Å². The molecule has 1 aromatic rings. The van der Waals surface area contributed by atoms with Gasteiger partial charge in [-0.2, -0.15) is 13.2 Å². The maximum absolute atomic E-state index is 14.1. The summed E-state index contributed by atoms with van der Waals surface area (Å²) >= 11 is 0. The Hall–Kier alpha value is -2.30. The number of benzene rings is 1. The van der Waals surface area contributed by atoms with Crippen LogP contribution in [-0.2, 0) is 10.3 Å². The molecule has 118 valence electrons. The lowest BCUT2D eigenvalue weighted by atomic mass is 9.80. The third kappa shape index (κ3) is 1.92. The van der Waals surface area contributed by atoms with Crippen LogP contribution in [0.3, 0.4) is 0 Å².